The van der Waals surface area contributed by atoms with Gasteiger partial charge in [0, 0.05) is 54.8 Å². The number of piperidine rings is 1. The third-order valence-corrected chi connectivity index (χ3v) is 10.4. The van der Waals surface area contributed by atoms with Crippen LogP contribution >= 0.6 is 0 Å². The molecular formula is C40H36N6O7. The van der Waals surface area contributed by atoms with Gasteiger partial charge in [0.05, 0.1) is 30.0 Å². The van der Waals surface area contributed by atoms with Crippen LogP contribution in [0.2, 0.25) is 0 Å². The standard InChI is InChI=1S/C40H36N6O7/c47-22-31-27-13-17-45(21-23-11-15-41-16-12-23)37(27)29-20-25(7-8-30(29)43-31)24-3-1-4-26(19-24)42-35(49)14-18-53-33-6-2-5-28-36(33)40(52)46(39(28)51)32-9-10-34(48)44-38(32)50/h1-8,11-12,14-16,18-20,27,31-32,37,43,47H,9-10,13,17,21-22H2,(H,42,49)(H,44,48,50)/t27-,31-,32?,37-/m1/s1. The van der Waals surface area contributed by atoms with Crippen molar-refractivity contribution >= 4 is 40.9 Å². The zero-order chi connectivity index (χ0) is 36.6. The van der Waals surface area contributed by atoms with Gasteiger partial charge in [-0.25, -0.2) is 0 Å². The maximum Gasteiger partial charge on any atom is 0.266 e. The minimum atomic E-state index is -1.10. The summed E-state index contributed by atoms with van der Waals surface area (Å²) in [7, 11) is 0. The monoisotopic (exact) mass is 712 g/mol. The van der Waals surface area contributed by atoms with E-state index in [4.69, 9.17) is 4.74 Å². The normalized spacial score (nSPS) is 22.2. The van der Waals surface area contributed by atoms with E-state index in [2.05, 4.69) is 38.0 Å². The highest BCUT2D eigenvalue weighted by atomic mass is 16.5. The van der Waals surface area contributed by atoms with Crippen LogP contribution in [0, 0.1) is 5.92 Å². The van der Waals surface area contributed by atoms with E-state index in [1.807, 2.05) is 48.8 Å². The van der Waals surface area contributed by atoms with Crippen molar-refractivity contribution in [2.75, 3.05) is 23.8 Å². The topological polar surface area (TPSA) is 170 Å². The Balaban J connectivity index is 0.961. The molecule has 5 heterocycles. The summed E-state index contributed by atoms with van der Waals surface area (Å²) in [5.41, 5.74) is 5.88. The number of amides is 5. The van der Waals surface area contributed by atoms with Crippen molar-refractivity contribution in [1.82, 2.24) is 20.1 Å². The van der Waals surface area contributed by atoms with Crippen LogP contribution in [0.25, 0.3) is 11.1 Å². The smallest absolute Gasteiger partial charge is 0.266 e. The summed E-state index contributed by atoms with van der Waals surface area (Å²) in [6.45, 7) is 1.76. The first-order chi connectivity index (χ1) is 25.8. The van der Waals surface area contributed by atoms with Crippen LogP contribution in [0.15, 0.2) is 97.5 Å². The summed E-state index contributed by atoms with van der Waals surface area (Å²) in [6, 6.07) is 21.4. The Morgan fingerprint density at radius 3 is 2.58 bits per heavy atom. The number of hydrogen-bond acceptors (Lipinski definition) is 10. The van der Waals surface area contributed by atoms with Crippen LogP contribution in [-0.2, 0) is 20.9 Å². The fourth-order valence-corrected chi connectivity index (χ4v) is 7.95. The number of aliphatic hydroxyl groups is 1. The van der Waals surface area contributed by atoms with Crippen molar-refractivity contribution in [3.05, 3.63) is 120 Å². The lowest BCUT2D eigenvalue weighted by Gasteiger charge is -2.39. The van der Waals surface area contributed by atoms with E-state index in [-0.39, 0.29) is 54.3 Å². The molecule has 2 fully saturated rings. The molecule has 5 amide bonds. The molecule has 8 rings (SSSR count). The van der Waals surface area contributed by atoms with Crippen LogP contribution in [0.5, 0.6) is 5.75 Å². The predicted octanol–water partition coefficient (Wildman–Crippen LogP) is 4.03. The molecule has 1 unspecified atom stereocenters. The van der Waals surface area contributed by atoms with Gasteiger partial charge in [-0.2, -0.15) is 0 Å². The molecule has 0 spiro atoms. The number of nitrogens with one attached hydrogen (secondary N) is 3. The molecule has 3 aromatic carbocycles. The van der Waals surface area contributed by atoms with Crippen LogP contribution in [0.1, 0.15) is 57.1 Å². The van der Waals surface area contributed by atoms with Crippen molar-refractivity contribution in [1.29, 1.82) is 0 Å². The summed E-state index contributed by atoms with van der Waals surface area (Å²) in [4.78, 5) is 70.9. The molecule has 0 radical (unpaired) electrons. The number of carbonyl (C=O) groups excluding carboxylic acids is 5. The molecule has 53 heavy (non-hydrogen) atoms. The Bertz CT molecular complexity index is 2170. The molecular weight excluding hydrogens is 676 g/mol. The van der Waals surface area contributed by atoms with E-state index >= 15 is 0 Å². The number of anilines is 2. The number of ether oxygens (including phenoxy) is 1. The van der Waals surface area contributed by atoms with Gasteiger partial charge in [0.1, 0.15) is 11.8 Å². The lowest BCUT2D eigenvalue weighted by molar-refractivity contribution is -0.136. The number of benzene rings is 3. The number of fused-ring (bicyclic) bond motifs is 4. The van der Waals surface area contributed by atoms with Crippen molar-refractivity contribution in [3.8, 4) is 16.9 Å². The second-order valence-corrected chi connectivity index (χ2v) is 13.6. The van der Waals surface area contributed by atoms with E-state index in [1.54, 1.807) is 12.1 Å². The van der Waals surface area contributed by atoms with Gasteiger partial charge in [-0.05, 0) is 90.2 Å². The molecule has 13 nitrogen and oxygen atoms in total. The second-order valence-electron chi connectivity index (χ2n) is 13.6. The summed E-state index contributed by atoms with van der Waals surface area (Å²) in [5, 5.41) is 18.8. The first kappa shape index (κ1) is 33.9. The minimum absolute atomic E-state index is 0.0116. The Morgan fingerprint density at radius 2 is 1.77 bits per heavy atom. The zero-order valence-electron chi connectivity index (χ0n) is 28.5. The number of likely N-dealkylation sites (tertiary alicyclic amines) is 1. The number of pyridine rings is 1. The molecule has 1 aromatic heterocycles. The van der Waals surface area contributed by atoms with E-state index in [0.29, 0.717) is 5.69 Å². The fraction of sp³-hybridized carbons (Fsp3) is 0.250. The van der Waals surface area contributed by atoms with Crippen LogP contribution < -0.4 is 20.7 Å². The molecule has 4 aliphatic heterocycles. The van der Waals surface area contributed by atoms with Crippen LogP contribution in [0.4, 0.5) is 11.4 Å². The quantitative estimate of drug-likeness (QED) is 0.113. The summed E-state index contributed by atoms with van der Waals surface area (Å²) >= 11 is 0. The molecule has 4 aromatic rings. The third kappa shape index (κ3) is 6.45. The first-order valence-corrected chi connectivity index (χ1v) is 17.5. The van der Waals surface area contributed by atoms with Gasteiger partial charge in [-0.15, -0.1) is 0 Å². The van der Waals surface area contributed by atoms with Crippen molar-refractivity contribution < 1.29 is 33.8 Å². The number of nitrogens with zero attached hydrogens (tertiary/aromatic N) is 3. The Hall–Kier alpha value is -6.18. The van der Waals surface area contributed by atoms with E-state index in [0.717, 1.165) is 47.5 Å². The second kappa shape index (κ2) is 14.1. The summed E-state index contributed by atoms with van der Waals surface area (Å²) in [5.74, 6) is -2.69. The average Bonchev–Trinajstić information content (AvgIpc) is 3.70. The van der Waals surface area contributed by atoms with Crippen molar-refractivity contribution in [2.24, 2.45) is 5.92 Å². The average molecular weight is 713 g/mol. The first-order valence-electron chi connectivity index (χ1n) is 17.5. The number of aromatic nitrogens is 1. The van der Waals surface area contributed by atoms with Crippen LogP contribution in [0.3, 0.4) is 0 Å². The van der Waals surface area contributed by atoms with E-state index in [1.165, 1.54) is 29.3 Å². The molecule has 0 bridgehead atoms. The molecule has 4 aliphatic rings. The number of hydrogen-bond donors (Lipinski definition) is 4. The van der Waals surface area contributed by atoms with Crippen LogP contribution in [-0.4, -0.2) is 74.7 Å². The SMILES string of the molecule is O=C(C=COc1cccc2c1C(=O)N(C1CCC(=O)NC1=O)C2=O)Nc1cccc(-c2ccc3c(c2)[C@H]2[C@H](CCN2Cc2ccncc2)[C@@H](CO)N3)c1. The van der Waals surface area contributed by atoms with E-state index < -0.39 is 35.6 Å². The molecule has 0 aliphatic carbocycles. The molecule has 4 atom stereocenters. The largest absolute Gasteiger partial charge is 0.464 e. The van der Waals surface area contributed by atoms with Gasteiger partial charge < -0.3 is 20.5 Å². The number of aliphatic hydroxyl groups excluding tert-OH is 1. The lowest BCUT2D eigenvalue weighted by Crippen LogP contribution is -2.54. The molecule has 0 saturated carbocycles. The fourth-order valence-electron chi connectivity index (χ4n) is 7.95. The number of rotatable bonds is 9. The van der Waals surface area contributed by atoms with Gasteiger partial charge in [-0.3, -0.25) is 44.1 Å². The van der Waals surface area contributed by atoms with Gasteiger partial charge in [0.2, 0.25) is 11.8 Å². The third-order valence-electron chi connectivity index (χ3n) is 10.4. The molecule has 268 valence electrons. The van der Waals surface area contributed by atoms with E-state index in [9.17, 15) is 29.1 Å². The minimum Gasteiger partial charge on any atom is -0.464 e. The van der Waals surface area contributed by atoms with Gasteiger partial charge in [0.25, 0.3) is 17.7 Å². The maximum absolute atomic E-state index is 13.3. The Morgan fingerprint density at radius 1 is 0.962 bits per heavy atom. The molecule has 4 N–H and O–H groups in total. The number of carbonyl (C=O) groups is 5. The molecule has 13 heteroatoms. The van der Waals surface area contributed by atoms with Gasteiger partial charge in [0.15, 0.2) is 0 Å². The lowest BCUT2D eigenvalue weighted by atomic mass is 9.82. The highest BCUT2D eigenvalue weighted by Crippen LogP contribution is 2.48. The van der Waals surface area contributed by atoms with Crippen molar-refractivity contribution in [2.45, 2.75) is 43.9 Å². The highest BCUT2D eigenvalue weighted by Gasteiger charge is 2.46. The number of imide groups is 2. The predicted molar refractivity (Wildman–Crippen MR) is 193 cm³/mol. The van der Waals surface area contributed by atoms with Crippen molar-refractivity contribution in [3.63, 3.8) is 0 Å². The molecule has 2 saturated heterocycles. The van der Waals surface area contributed by atoms with Gasteiger partial charge >= 0.3 is 0 Å². The summed E-state index contributed by atoms with van der Waals surface area (Å²) in [6.07, 6.45) is 6.94. The summed E-state index contributed by atoms with van der Waals surface area (Å²) < 4.78 is 5.67. The Labute approximate surface area is 304 Å². The maximum atomic E-state index is 13.3. The highest BCUT2D eigenvalue weighted by molar-refractivity contribution is 6.24. The zero-order valence-corrected chi connectivity index (χ0v) is 28.5. The van der Waals surface area contributed by atoms with Gasteiger partial charge in [-0.1, -0.05) is 24.3 Å². The Kier molecular flexibility index (Phi) is 9.02.